The SMILES string of the molecule is C[C@@H]1CCCN(S(=O)(=O)c2ccc(NC(=O)[C@@H]3CC(=O)N(C4CCCC4)C3)cc2)C1. The van der Waals surface area contributed by atoms with Crippen molar-refractivity contribution in [2.75, 3.05) is 25.0 Å². The van der Waals surface area contributed by atoms with Gasteiger partial charge in [0.15, 0.2) is 0 Å². The van der Waals surface area contributed by atoms with Crippen LogP contribution in [0.15, 0.2) is 29.2 Å². The molecule has 30 heavy (non-hydrogen) atoms. The normalized spacial score (nSPS) is 26.3. The molecule has 0 unspecified atom stereocenters. The number of piperidine rings is 1. The van der Waals surface area contributed by atoms with Crippen molar-refractivity contribution in [3.63, 3.8) is 0 Å². The molecular weight excluding hydrogens is 402 g/mol. The van der Waals surface area contributed by atoms with E-state index in [-0.39, 0.29) is 35.1 Å². The number of hydrogen-bond donors (Lipinski definition) is 1. The largest absolute Gasteiger partial charge is 0.339 e. The first-order chi connectivity index (χ1) is 14.3. The zero-order valence-electron chi connectivity index (χ0n) is 17.5. The number of likely N-dealkylation sites (tertiary alicyclic amines) is 1. The molecule has 164 valence electrons. The number of anilines is 1. The van der Waals surface area contributed by atoms with Crippen molar-refractivity contribution >= 4 is 27.5 Å². The number of nitrogens with one attached hydrogen (secondary N) is 1. The van der Waals surface area contributed by atoms with Gasteiger partial charge in [0.1, 0.15) is 0 Å². The van der Waals surface area contributed by atoms with Crippen LogP contribution in [0, 0.1) is 11.8 Å². The summed E-state index contributed by atoms with van der Waals surface area (Å²) in [5.41, 5.74) is 0.553. The molecular formula is C22H31N3O4S. The van der Waals surface area contributed by atoms with Gasteiger partial charge in [-0.2, -0.15) is 4.31 Å². The highest BCUT2D eigenvalue weighted by Gasteiger charge is 2.38. The lowest BCUT2D eigenvalue weighted by Crippen LogP contribution is -2.39. The summed E-state index contributed by atoms with van der Waals surface area (Å²) in [5, 5.41) is 2.85. The minimum atomic E-state index is -3.51. The molecule has 0 aromatic heterocycles. The number of rotatable bonds is 5. The van der Waals surface area contributed by atoms with Crippen molar-refractivity contribution in [1.82, 2.24) is 9.21 Å². The third-order valence-electron chi connectivity index (χ3n) is 6.67. The third-order valence-corrected chi connectivity index (χ3v) is 8.55. The van der Waals surface area contributed by atoms with Crippen LogP contribution in [-0.2, 0) is 19.6 Å². The minimum absolute atomic E-state index is 0.0688. The second-order valence-corrected chi connectivity index (χ2v) is 10.9. The van der Waals surface area contributed by atoms with Crippen LogP contribution < -0.4 is 5.32 Å². The lowest BCUT2D eigenvalue weighted by atomic mass is 10.0. The van der Waals surface area contributed by atoms with Crippen LogP contribution in [-0.4, -0.2) is 55.1 Å². The van der Waals surface area contributed by atoms with E-state index in [9.17, 15) is 18.0 Å². The third kappa shape index (κ3) is 4.39. The molecule has 2 saturated heterocycles. The Morgan fingerprint density at radius 2 is 1.73 bits per heavy atom. The molecule has 4 rings (SSSR count). The average Bonchev–Trinajstić information content (AvgIpc) is 3.38. The Kier molecular flexibility index (Phi) is 6.16. The van der Waals surface area contributed by atoms with Gasteiger partial charge in [-0.1, -0.05) is 19.8 Å². The Morgan fingerprint density at radius 3 is 2.40 bits per heavy atom. The highest BCUT2D eigenvalue weighted by atomic mass is 32.2. The first-order valence-corrected chi connectivity index (χ1v) is 12.5. The standard InChI is InChI=1S/C22H31N3O4S/c1-16-5-4-12-24(14-16)30(28,29)20-10-8-18(9-11-20)23-22(27)17-13-21(26)25(15-17)19-6-2-3-7-19/h8-11,16-17,19H,2-7,12-15H2,1H3,(H,23,27)/t16-,17-/m1/s1. The van der Waals surface area contributed by atoms with Gasteiger partial charge in [0.05, 0.1) is 10.8 Å². The fourth-order valence-electron chi connectivity index (χ4n) is 4.94. The summed E-state index contributed by atoms with van der Waals surface area (Å²) in [6, 6.07) is 6.65. The maximum atomic E-state index is 12.9. The molecule has 2 atom stereocenters. The average molecular weight is 434 g/mol. The van der Waals surface area contributed by atoms with Gasteiger partial charge in [-0.3, -0.25) is 9.59 Å². The number of hydrogen-bond acceptors (Lipinski definition) is 4. The highest BCUT2D eigenvalue weighted by Crippen LogP contribution is 2.30. The van der Waals surface area contributed by atoms with E-state index in [0.717, 1.165) is 38.5 Å². The van der Waals surface area contributed by atoms with E-state index in [1.54, 1.807) is 28.6 Å². The molecule has 1 N–H and O–H groups in total. The summed E-state index contributed by atoms with van der Waals surface area (Å²) in [6.45, 7) is 3.66. The van der Waals surface area contributed by atoms with Gasteiger partial charge < -0.3 is 10.2 Å². The fourth-order valence-corrected chi connectivity index (χ4v) is 6.54. The van der Waals surface area contributed by atoms with Gasteiger partial charge in [0, 0.05) is 37.8 Å². The molecule has 3 aliphatic rings. The number of amides is 2. The lowest BCUT2D eigenvalue weighted by molar-refractivity contribution is -0.129. The summed E-state index contributed by atoms with van der Waals surface area (Å²) in [7, 11) is -3.51. The molecule has 8 heteroatoms. The number of carbonyl (C=O) groups excluding carboxylic acids is 2. The molecule has 1 aromatic carbocycles. The van der Waals surface area contributed by atoms with Gasteiger partial charge in [0.2, 0.25) is 21.8 Å². The summed E-state index contributed by atoms with van der Waals surface area (Å²) in [5.74, 6) is -0.0927. The lowest BCUT2D eigenvalue weighted by Gasteiger charge is -2.30. The van der Waals surface area contributed by atoms with Crippen molar-refractivity contribution in [3.05, 3.63) is 24.3 Å². The molecule has 2 aliphatic heterocycles. The topological polar surface area (TPSA) is 86.8 Å². The Bertz CT molecular complexity index is 893. The highest BCUT2D eigenvalue weighted by molar-refractivity contribution is 7.89. The molecule has 1 aliphatic carbocycles. The van der Waals surface area contributed by atoms with E-state index < -0.39 is 10.0 Å². The Morgan fingerprint density at radius 1 is 1.03 bits per heavy atom. The van der Waals surface area contributed by atoms with Crippen LogP contribution in [0.5, 0.6) is 0 Å². The molecule has 1 aromatic rings. The van der Waals surface area contributed by atoms with E-state index in [0.29, 0.717) is 31.2 Å². The molecule has 2 heterocycles. The first-order valence-electron chi connectivity index (χ1n) is 11.0. The fraction of sp³-hybridized carbons (Fsp3) is 0.636. The van der Waals surface area contributed by atoms with Crippen LogP contribution in [0.2, 0.25) is 0 Å². The minimum Gasteiger partial charge on any atom is -0.339 e. The van der Waals surface area contributed by atoms with Crippen molar-refractivity contribution in [3.8, 4) is 0 Å². The summed E-state index contributed by atoms with van der Waals surface area (Å²) >= 11 is 0. The van der Waals surface area contributed by atoms with E-state index >= 15 is 0 Å². The number of carbonyl (C=O) groups is 2. The predicted molar refractivity (Wildman–Crippen MR) is 114 cm³/mol. The number of sulfonamides is 1. The van der Waals surface area contributed by atoms with Crippen molar-refractivity contribution in [2.24, 2.45) is 11.8 Å². The molecule has 7 nitrogen and oxygen atoms in total. The van der Waals surface area contributed by atoms with Crippen LogP contribution in [0.25, 0.3) is 0 Å². The van der Waals surface area contributed by atoms with Crippen molar-refractivity contribution in [2.45, 2.75) is 62.8 Å². The maximum absolute atomic E-state index is 12.9. The Labute approximate surface area is 178 Å². The summed E-state index contributed by atoms with van der Waals surface area (Å²) in [4.78, 5) is 27.1. The summed E-state index contributed by atoms with van der Waals surface area (Å²) in [6.07, 6.45) is 6.55. The molecule has 0 radical (unpaired) electrons. The molecule has 0 spiro atoms. The number of benzene rings is 1. The first kappa shape index (κ1) is 21.3. The quantitative estimate of drug-likeness (QED) is 0.774. The second kappa shape index (κ2) is 8.67. The van der Waals surface area contributed by atoms with Crippen LogP contribution in [0.3, 0.4) is 0 Å². The van der Waals surface area contributed by atoms with Crippen LogP contribution in [0.4, 0.5) is 5.69 Å². The molecule has 0 bridgehead atoms. The molecule has 1 saturated carbocycles. The second-order valence-electron chi connectivity index (χ2n) is 9.01. The van der Waals surface area contributed by atoms with Crippen molar-refractivity contribution < 1.29 is 18.0 Å². The zero-order chi connectivity index (χ0) is 21.3. The van der Waals surface area contributed by atoms with Gasteiger partial charge in [-0.15, -0.1) is 0 Å². The predicted octanol–water partition coefficient (Wildman–Crippen LogP) is 2.84. The Balaban J connectivity index is 1.37. The van der Waals surface area contributed by atoms with E-state index in [2.05, 4.69) is 12.2 Å². The van der Waals surface area contributed by atoms with Crippen LogP contribution in [0.1, 0.15) is 51.9 Å². The van der Waals surface area contributed by atoms with E-state index in [1.165, 1.54) is 0 Å². The number of nitrogens with zero attached hydrogens (tertiary/aromatic N) is 2. The van der Waals surface area contributed by atoms with Gasteiger partial charge in [-0.05, 0) is 55.9 Å². The maximum Gasteiger partial charge on any atom is 0.243 e. The van der Waals surface area contributed by atoms with E-state index in [4.69, 9.17) is 0 Å². The molecule has 2 amide bonds. The molecule has 3 fully saturated rings. The Hall–Kier alpha value is -1.93. The monoisotopic (exact) mass is 433 g/mol. The zero-order valence-corrected chi connectivity index (χ0v) is 18.4. The van der Waals surface area contributed by atoms with E-state index in [1.807, 2.05) is 4.90 Å². The van der Waals surface area contributed by atoms with Gasteiger partial charge >= 0.3 is 0 Å². The van der Waals surface area contributed by atoms with Gasteiger partial charge in [0.25, 0.3) is 0 Å². The van der Waals surface area contributed by atoms with Crippen molar-refractivity contribution in [1.29, 1.82) is 0 Å². The van der Waals surface area contributed by atoms with Gasteiger partial charge in [-0.25, -0.2) is 8.42 Å². The summed E-state index contributed by atoms with van der Waals surface area (Å²) < 4.78 is 27.3. The van der Waals surface area contributed by atoms with Crippen LogP contribution >= 0.6 is 0 Å². The smallest absolute Gasteiger partial charge is 0.243 e.